The summed E-state index contributed by atoms with van der Waals surface area (Å²) in [5.41, 5.74) is 2.03. The number of anilines is 1. The van der Waals surface area contributed by atoms with Crippen molar-refractivity contribution in [2.24, 2.45) is 0 Å². The second-order valence-electron chi connectivity index (χ2n) is 6.02. The second-order valence-corrected chi connectivity index (χ2v) is 6.38. The Bertz CT molecular complexity index is 774. The van der Waals surface area contributed by atoms with Gasteiger partial charge in [-0.3, -0.25) is 4.79 Å². The number of benzene rings is 1. The average molecular weight is 320 g/mol. The molecule has 0 fully saturated rings. The van der Waals surface area contributed by atoms with Crippen LogP contribution in [0.5, 0.6) is 0 Å². The van der Waals surface area contributed by atoms with E-state index < -0.39 is 5.41 Å². The van der Waals surface area contributed by atoms with Crippen LogP contribution < -0.4 is 4.90 Å². The van der Waals surface area contributed by atoms with Gasteiger partial charge < -0.3 is 9.64 Å². The molecule has 0 radical (unpaired) electrons. The first-order valence-corrected chi connectivity index (χ1v) is 7.53. The Morgan fingerprint density at radius 2 is 2.05 bits per heavy atom. The van der Waals surface area contributed by atoms with Gasteiger partial charge in [-0.15, -0.1) is 0 Å². The molecule has 0 unspecified atom stereocenters. The van der Waals surface area contributed by atoms with Crippen LogP contribution in [0.15, 0.2) is 12.1 Å². The predicted octanol–water partition coefficient (Wildman–Crippen LogP) is 2.86. The Morgan fingerprint density at radius 3 is 2.73 bits per heavy atom. The predicted molar refractivity (Wildman–Crippen MR) is 86.5 cm³/mol. The number of hydrogen-bond donors (Lipinski definition) is 0. The van der Waals surface area contributed by atoms with E-state index in [0.29, 0.717) is 24.1 Å². The lowest BCUT2D eigenvalue weighted by molar-refractivity contribution is -0.122. The normalized spacial score (nSPS) is 16.4. The molecule has 0 spiro atoms. The van der Waals surface area contributed by atoms with Crippen molar-refractivity contribution in [3.05, 3.63) is 28.7 Å². The minimum atomic E-state index is -0.581. The molecule has 116 valence electrons. The second kappa shape index (κ2) is 5.18. The van der Waals surface area contributed by atoms with E-state index in [2.05, 4.69) is 9.97 Å². The molecule has 3 rings (SSSR count). The van der Waals surface area contributed by atoms with Gasteiger partial charge in [-0.25, -0.2) is 9.97 Å². The van der Waals surface area contributed by atoms with Crippen molar-refractivity contribution in [3.63, 3.8) is 0 Å². The van der Waals surface area contributed by atoms with E-state index in [4.69, 9.17) is 16.3 Å². The summed E-state index contributed by atoms with van der Waals surface area (Å²) in [6.07, 6.45) is 0. The van der Waals surface area contributed by atoms with Crippen molar-refractivity contribution < 1.29 is 9.53 Å². The number of ether oxygens (including phenoxy) is 1. The van der Waals surface area contributed by atoms with Crippen LogP contribution in [0.4, 0.5) is 5.69 Å². The van der Waals surface area contributed by atoms with Crippen LogP contribution in [0.3, 0.4) is 0 Å². The van der Waals surface area contributed by atoms with Gasteiger partial charge in [0.15, 0.2) is 0 Å². The highest BCUT2D eigenvalue weighted by Crippen LogP contribution is 2.43. The number of carbonyl (C=O) groups is 1. The van der Waals surface area contributed by atoms with Gasteiger partial charge in [0.05, 0.1) is 17.5 Å². The molecule has 0 saturated carbocycles. The number of aromatic nitrogens is 2. The Balaban J connectivity index is 2.24. The summed E-state index contributed by atoms with van der Waals surface area (Å²) in [4.78, 5) is 23.1. The first-order valence-electron chi connectivity index (χ1n) is 7.15. The van der Waals surface area contributed by atoms with Crippen molar-refractivity contribution in [2.75, 3.05) is 25.2 Å². The van der Waals surface area contributed by atoms with Gasteiger partial charge in [0, 0.05) is 24.7 Å². The third-order valence-electron chi connectivity index (χ3n) is 4.14. The average Bonchev–Trinajstić information content (AvgIpc) is 2.63. The molecule has 2 heterocycles. The lowest BCUT2D eigenvalue weighted by Crippen LogP contribution is -2.37. The molecular formula is C16H18ClN3O2. The van der Waals surface area contributed by atoms with Gasteiger partial charge in [-0.05, 0) is 38.5 Å². The van der Waals surface area contributed by atoms with Gasteiger partial charge in [0.1, 0.15) is 11.0 Å². The smallest absolute Gasteiger partial charge is 0.237 e. The number of aryl methyl sites for hydroxylation is 1. The van der Waals surface area contributed by atoms with Crippen molar-refractivity contribution in [1.82, 2.24) is 9.97 Å². The highest BCUT2D eigenvalue weighted by molar-refractivity contribution is 6.34. The van der Waals surface area contributed by atoms with Gasteiger partial charge in [-0.1, -0.05) is 11.6 Å². The zero-order valence-electron chi connectivity index (χ0n) is 13.1. The maximum atomic E-state index is 12.7. The summed E-state index contributed by atoms with van der Waals surface area (Å²) in [5.74, 6) is 0.687. The Labute approximate surface area is 134 Å². The molecule has 1 amide bonds. The molecular weight excluding hydrogens is 302 g/mol. The Hall–Kier alpha value is -1.72. The maximum Gasteiger partial charge on any atom is 0.237 e. The molecule has 1 aromatic carbocycles. The van der Waals surface area contributed by atoms with Crippen LogP contribution in [0.2, 0.25) is 5.15 Å². The topological polar surface area (TPSA) is 55.3 Å². The van der Waals surface area contributed by atoms with E-state index >= 15 is 0 Å². The summed E-state index contributed by atoms with van der Waals surface area (Å²) >= 11 is 6.24. The summed E-state index contributed by atoms with van der Waals surface area (Å²) in [5, 5.41) is 1.17. The number of amides is 1. The highest BCUT2D eigenvalue weighted by Gasteiger charge is 2.44. The molecule has 5 nitrogen and oxygen atoms in total. The largest absolute Gasteiger partial charge is 0.383 e. The molecule has 6 heteroatoms. The van der Waals surface area contributed by atoms with Crippen molar-refractivity contribution in [1.29, 1.82) is 0 Å². The fourth-order valence-electron chi connectivity index (χ4n) is 2.93. The molecule has 0 aliphatic carbocycles. The van der Waals surface area contributed by atoms with E-state index in [-0.39, 0.29) is 5.91 Å². The first kappa shape index (κ1) is 15.2. The lowest BCUT2D eigenvalue weighted by atomic mass is 9.86. The Kier molecular flexibility index (Phi) is 3.57. The number of nitrogens with zero attached hydrogens (tertiary/aromatic N) is 3. The van der Waals surface area contributed by atoms with Crippen molar-refractivity contribution in [3.8, 4) is 0 Å². The standard InChI is InChI=1S/C16H18ClN3O2/c1-9-18-12-8-11-13(7-10(12)14(17)19-9)20(5-6-22-4)15(21)16(11,2)3/h7-8H,5-6H2,1-4H3. The van der Waals surface area contributed by atoms with E-state index in [0.717, 1.165) is 22.2 Å². The van der Waals surface area contributed by atoms with E-state index in [1.807, 2.05) is 26.0 Å². The third kappa shape index (κ3) is 2.16. The number of rotatable bonds is 3. The highest BCUT2D eigenvalue weighted by atomic mass is 35.5. The number of fused-ring (bicyclic) bond motifs is 2. The van der Waals surface area contributed by atoms with Gasteiger partial charge in [0.2, 0.25) is 5.91 Å². The monoisotopic (exact) mass is 319 g/mol. The van der Waals surface area contributed by atoms with Gasteiger partial charge >= 0.3 is 0 Å². The van der Waals surface area contributed by atoms with Crippen LogP contribution in [-0.4, -0.2) is 36.1 Å². The first-order chi connectivity index (χ1) is 10.4. The minimum Gasteiger partial charge on any atom is -0.383 e. The van der Waals surface area contributed by atoms with Crippen molar-refractivity contribution >= 4 is 34.1 Å². The molecule has 2 aromatic rings. The fraction of sp³-hybridized carbons (Fsp3) is 0.438. The van der Waals surface area contributed by atoms with Crippen LogP contribution >= 0.6 is 11.6 Å². The third-order valence-corrected chi connectivity index (χ3v) is 4.43. The lowest BCUT2D eigenvalue weighted by Gasteiger charge is -2.19. The van der Waals surface area contributed by atoms with Crippen molar-refractivity contribution in [2.45, 2.75) is 26.2 Å². The molecule has 1 aliphatic heterocycles. The SMILES string of the molecule is COCCN1C(=O)C(C)(C)c2cc3nc(C)nc(Cl)c3cc21. The molecule has 0 bridgehead atoms. The number of carbonyl (C=O) groups excluding carboxylic acids is 1. The molecule has 1 aliphatic rings. The summed E-state index contributed by atoms with van der Waals surface area (Å²) in [7, 11) is 1.63. The molecule has 1 aromatic heterocycles. The molecule has 22 heavy (non-hydrogen) atoms. The fourth-order valence-corrected chi connectivity index (χ4v) is 3.20. The molecule has 0 saturated heterocycles. The number of methoxy groups -OCH3 is 1. The summed E-state index contributed by atoms with van der Waals surface area (Å²) in [6, 6.07) is 3.87. The van der Waals surface area contributed by atoms with Crippen LogP contribution in [0, 0.1) is 6.92 Å². The van der Waals surface area contributed by atoms with Gasteiger partial charge in [-0.2, -0.15) is 0 Å². The number of hydrogen-bond acceptors (Lipinski definition) is 4. The van der Waals surface area contributed by atoms with Crippen LogP contribution in [0.1, 0.15) is 25.2 Å². The quantitative estimate of drug-likeness (QED) is 0.816. The van der Waals surface area contributed by atoms with Crippen LogP contribution in [-0.2, 0) is 14.9 Å². The zero-order valence-corrected chi connectivity index (χ0v) is 13.9. The van der Waals surface area contributed by atoms with E-state index in [1.165, 1.54) is 0 Å². The maximum absolute atomic E-state index is 12.7. The summed E-state index contributed by atoms with van der Waals surface area (Å²) in [6.45, 7) is 6.67. The van der Waals surface area contributed by atoms with Crippen LogP contribution in [0.25, 0.3) is 10.9 Å². The minimum absolute atomic E-state index is 0.0654. The van der Waals surface area contributed by atoms with Gasteiger partial charge in [0.25, 0.3) is 0 Å². The zero-order chi connectivity index (χ0) is 16.1. The summed E-state index contributed by atoms with van der Waals surface area (Å²) < 4.78 is 5.12. The molecule has 0 N–H and O–H groups in total. The van der Waals surface area contributed by atoms with E-state index in [9.17, 15) is 4.79 Å². The van der Waals surface area contributed by atoms with E-state index in [1.54, 1.807) is 18.9 Å². The Morgan fingerprint density at radius 1 is 1.32 bits per heavy atom. The number of halogens is 1. The molecule has 0 atom stereocenters.